The zero-order valence-electron chi connectivity index (χ0n) is 16.9. The predicted molar refractivity (Wildman–Crippen MR) is 111 cm³/mol. The molecular weight excluding hydrogens is 370 g/mol. The average molecular weight is 395 g/mol. The second kappa shape index (κ2) is 9.39. The minimum Gasteiger partial charge on any atom is -0.449 e. The topological polar surface area (TPSA) is 77.8 Å². The van der Waals surface area contributed by atoms with Gasteiger partial charge in [0.25, 0.3) is 5.91 Å². The lowest BCUT2D eigenvalue weighted by atomic mass is 10.1. The Morgan fingerprint density at radius 2 is 1.79 bits per heavy atom. The van der Waals surface area contributed by atoms with Crippen LogP contribution < -0.4 is 5.32 Å². The molecule has 1 amide bonds. The molecule has 0 spiro atoms. The Balaban J connectivity index is 1.72. The number of benzene rings is 2. The van der Waals surface area contributed by atoms with Gasteiger partial charge < -0.3 is 19.2 Å². The zero-order chi connectivity index (χ0) is 20.8. The van der Waals surface area contributed by atoms with E-state index in [0.717, 1.165) is 11.8 Å². The molecule has 0 saturated carbocycles. The first-order valence-electron chi connectivity index (χ1n) is 9.72. The molecule has 0 radical (unpaired) electrons. The average Bonchev–Trinajstić information content (AvgIpc) is 3.11. The quantitative estimate of drug-likeness (QED) is 0.559. The number of hydrogen-bond acceptors (Lipinski definition) is 5. The van der Waals surface area contributed by atoms with Crippen molar-refractivity contribution in [2.24, 2.45) is 0 Å². The van der Waals surface area contributed by atoms with Crippen molar-refractivity contribution in [3.8, 4) is 0 Å². The Morgan fingerprint density at radius 1 is 1.07 bits per heavy atom. The predicted octanol–water partition coefficient (Wildman–Crippen LogP) is 4.72. The van der Waals surface area contributed by atoms with E-state index in [1.165, 1.54) is 12.5 Å². The number of hydrogen-bond donors (Lipinski definition) is 1. The minimum absolute atomic E-state index is 0.0617. The summed E-state index contributed by atoms with van der Waals surface area (Å²) in [4.78, 5) is 25.1. The molecule has 6 heteroatoms. The summed E-state index contributed by atoms with van der Waals surface area (Å²) in [5.41, 5.74) is 3.02. The van der Waals surface area contributed by atoms with Gasteiger partial charge in [-0.3, -0.25) is 4.79 Å². The van der Waals surface area contributed by atoms with Crippen LogP contribution in [0.5, 0.6) is 0 Å². The molecule has 29 heavy (non-hydrogen) atoms. The molecule has 1 N–H and O–H groups in total. The van der Waals surface area contributed by atoms with Crippen LogP contribution in [0.3, 0.4) is 0 Å². The van der Waals surface area contributed by atoms with Crippen molar-refractivity contribution in [2.45, 2.75) is 39.9 Å². The first-order chi connectivity index (χ1) is 14.0. The number of furan rings is 1. The minimum atomic E-state index is -0.985. The lowest BCUT2D eigenvalue weighted by Gasteiger charge is -2.13. The lowest BCUT2D eigenvalue weighted by Crippen LogP contribution is -2.30. The smallest absolute Gasteiger partial charge is 0.375 e. The fraction of sp³-hybridized carbons (Fsp3) is 0.304. The van der Waals surface area contributed by atoms with Crippen molar-refractivity contribution >= 4 is 28.5 Å². The van der Waals surface area contributed by atoms with E-state index in [-0.39, 0.29) is 12.4 Å². The van der Waals surface area contributed by atoms with Gasteiger partial charge in [-0.25, -0.2) is 4.79 Å². The molecule has 0 aliphatic carbocycles. The van der Waals surface area contributed by atoms with Crippen LogP contribution in [-0.2, 0) is 27.3 Å². The van der Waals surface area contributed by atoms with E-state index in [2.05, 4.69) is 12.2 Å². The third-order valence-electron chi connectivity index (χ3n) is 4.62. The molecule has 1 aromatic heterocycles. The molecular formula is C23H25NO5. The fourth-order valence-corrected chi connectivity index (χ4v) is 2.95. The summed E-state index contributed by atoms with van der Waals surface area (Å²) >= 11 is 0. The third-order valence-corrected chi connectivity index (χ3v) is 4.62. The summed E-state index contributed by atoms with van der Waals surface area (Å²) in [5, 5.41) is 3.55. The van der Waals surface area contributed by atoms with Crippen LogP contribution >= 0.6 is 0 Å². The van der Waals surface area contributed by atoms with E-state index in [4.69, 9.17) is 13.9 Å². The van der Waals surface area contributed by atoms with Crippen molar-refractivity contribution in [1.29, 1.82) is 0 Å². The molecule has 152 valence electrons. The van der Waals surface area contributed by atoms with Crippen LogP contribution in [0.1, 0.15) is 42.5 Å². The van der Waals surface area contributed by atoms with Gasteiger partial charge in [-0.1, -0.05) is 37.3 Å². The van der Waals surface area contributed by atoms with E-state index in [0.29, 0.717) is 23.4 Å². The van der Waals surface area contributed by atoms with Crippen LogP contribution in [0.25, 0.3) is 11.0 Å². The van der Waals surface area contributed by atoms with Crippen molar-refractivity contribution in [2.75, 3.05) is 11.9 Å². The molecule has 6 nitrogen and oxygen atoms in total. The highest BCUT2D eigenvalue weighted by Crippen LogP contribution is 2.27. The first kappa shape index (κ1) is 20.6. The largest absolute Gasteiger partial charge is 0.449 e. The molecule has 0 fully saturated rings. The molecule has 0 aliphatic rings. The number of amides is 1. The Hall–Kier alpha value is -3.12. The molecule has 0 bridgehead atoms. The number of fused-ring (bicyclic) bond motifs is 1. The molecule has 2 aromatic carbocycles. The van der Waals surface area contributed by atoms with Gasteiger partial charge >= 0.3 is 5.97 Å². The normalized spacial score (nSPS) is 12.0. The van der Waals surface area contributed by atoms with Crippen molar-refractivity contribution in [3.05, 3.63) is 65.4 Å². The number of rotatable bonds is 8. The van der Waals surface area contributed by atoms with Crippen LogP contribution in [-0.4, -0.2) is 24.6 Å². The summed E-state index contributed by atoms with van der Waals surface area (Å²) in [7, 11) is 0. The second-order valence-electron chi connectivity index (χ2n) is 6.63. The monoisotopic (exact) mass is 395 g/mol. The Kier molecular flexibility index (Phi) is 6.67. The molecule has 1 atom stereocenters. The van der Waals surface area contributed by atoms with E-state index in [1.807, 2.05) is 49.4 Å². The fourth-order valence-electron chi connectivity index (χ4n) is 2.95. The van der Waals surface area contributed by atoms with Gasteiger partial charge in [0.05, 0.1) is 6.61 Å². The maximum Gasteiger partial charge on any atom is 0.375 e. The van der Waals surface area contributed by atoms with E-state index < -0.39 is 18.0 Å². The molecule has 0 saturated heterocycles. The summed E-state index contributed by atoms with van der Waals surface area (Å²) < 4.78 is 16.5. The van der Waals surface area contributed by atoms with E-state index >= 15 is 0 Å². The van der Waals surface area contributed by atoms with Crippen molar-refractivity contribution in [3.63, 3.8) is 0 Å². The number of anilines is 1. The van der Waals surface area contributed by atoms with Crippen molar-refractivity contribution in [1.82, 2.24) is 0 Å². The maximum atomic E-state index is 12.7. The van der Waals surface area contributed by atoms with Gasteiger partial charge in [0, 0.05) is 23.2 Å². The van der Waals surface area contributed by atoms with Crippen LogP contribution in [0.2, 0.25) is 0 Å². The number of carbonyl (C=O) groups is 2. The lowest BCUT2D eigenvalue weighted by molar-refractivity contribution is -0.123. The number of ether oxygens (including phenoxy) is 2. The maximum absolute atomic E-state index is 12.7. The van der Waals surface area contributed by atoms with E-state index in [1.54, 1.807) is 6.07 Å². The molecule has 0 aliphatic heterocycles. The summed E-state index contributed by atoms with van der Waals surface area (Å²) in [5.74, 6) is -1.04. The number of carbonyl (C=O) groups excluding carboxylic acids is 2. The molecule has 3 rings (SSSR count). The van der Waals surface area contributed by atoms with Gasteiger partial charge in [-0.05, 0) is 44.0 Å². The summed E-state index contributed by atoms with van der Waals surface area (Å²) in [6.45, 7) is 6.19. The standard InChI is InChI=1S/C23H25NO5/c1-4-16-10-12-17(13-11-16)24-22(25)15(3)28-23(26)21-19(14-27-5-2)18-8-6-7-9-20(18)29-21/h6-13,15H,4-5,14H2,1-3H3,(H,24,25)/t15-/m0/s1. The first-order valence-corrected chi connectivity index (χ1v) is 9.72. The molecule has 3 aromatic rings. The highest BCUT2D eigenvalue weighted by Gasteiger charge is 2.26. The number of esters is 1. The summed E-state index contributed by atoms with van der Waals surface area (Å²) in [6.07, 6.45) is -0.0643. The second-order valence-corrected chi connectivity index (χ2v) is 6.63. The summed E-state index contributed by atoms with van der Waals surface area (Å²) in [6, 6.07) is 14.9. The van der Waals surface area contributed by atoms with Crippen LogP contribution in [0.4, 0.5) is 5.69 Å². The van der Waals surface area contributed by atoms with Crippen LogP contribution in [0, 0.1) is 0 Å². The van der Waals surface area contributed by atoms with Gasteiger partial charge in [-0.15, -0.1) is 0 Å². The van der Waals surface area contributed by atoms with Gasteiger partial charge in [0.1, 0.15) is 5.58 Å². The number of para-hydroxylation sites is 1. The highest BCUT2D eigenvalue weighted by molar-refractivity contribution is 5.99. The third kappa shape index (κ3) is 4.84. The number of aryl methyl sites for hydroxylation is 1. The Labute approximate surface area is 169 Å². The van der Waals surface area contributed by atoms with Gasteiger partial charge in [0.2, 0.25) is 5.76 Å². The molecule has 1 heterocycles. The van der Waals surface area contributed by atoms with E-state index in [9.17, 15) is 9.59 Å². The van der Waals surface area contributed by atoms with Gasteiger partial charge in [-0.2, -0.15) is 0 Å². The van der Waals surface area contributed by atoms with Crippen LogP contribution in [0.15, 0.2) is 52.9 Å². The van der Waals surface area contributed by atoms with Gasteiger partial charge in [0.15, 0.2) is 6.10 Å². The zero-order valence-corrected chi connectivity index (χ0v) is 16.9. The highest BCUT2D eigenvalue weighted by atomic mass is 16.6. The number of nitrogens with one attached hydrogen (secondary N) is 1. The molecule has 0 unspecified atom stereocenters. The SMILES string of the molecule is CCOCc1c(C(=O)O[C@@H](C)C(=O)Nc2ccc(CC)cc2)oc2ccccc12. The van der Waals surface area contributed by atoms with Crippen molar-refractivity contribution < 1.29 is 23.5 Å². The Morgan fingerprint density at radius 3 is 2.48 bits per heavy atom. The Bertz CT molecular complexity index is 990.